The maximum Gasteiger partial charge on any atom is 0.414 e. The topological polar surface area (TPSA) is 102 Å². The van der Waals surface area contributed by atoms with Gasteiger partial charge in [0.05, 0.1) is 18.0 Å². The number of ether oxygens (including phenoxy) is 1. The lowest BCUT2D eigenvalue weighted by atomic mass is 10.1. The van der Waals surface area contributed by atoms with Gasteiger partial charge in [-0.3, -0.25) is 10.3 Å². The fourth-order valence-electron chi connectivity index (χ4n) is 2.06. The van der Waals surface area contributed by atoms with Crippen LogP contribution in [0.3, 0.4) is 0 Å². The summed E-state index contributed by atoms with van der Waals surface area (Å²) in [5.74, 6) is 0. The molecule has 0 bridgehead atoms. The number of hydrazone groups is 1. The molecule has 21 heavy (non-hydrogen) atoms. The van der Waals surface area contributed by atoms with Crippen molar-refractivity contribution in [3.05, 3.63) is 23.8 Å². The number of nitrogens with one attached hydrogen (secondary N) is 1. The molecule has 0 aliphatic carbocycles. The Hall–Kier alpha value is -3.06. The fraction of sp³-hybridized carbons (Fsp3) is 0.286. The van der Waals surface area contributed by atoms with Crippen molar-refractivity contribution in [1.82, 2.24) is 0 Å². The molecule has 0 fully saturated rings. The summed E-state index contributed by atoms with van der Waals surface area (Å²) in [4.78, 5) is 13.4. The van der Waals surface area contributed by atoms with Crippen molar-refractivity contribution in [2.45, 2.75) is 13.3 Å². The predicted molar refractivity (Wildman–Crippen MR) is 76.8 cm³/mol. The molecule has 7 nitrogen and oxygen atoms in total. The highest BCUT2D eigenvalue weighted by Gasteiger charge is 2.25. The summed E-state index contributed by atoms with van der Waals surface area (Å²) in [5, 5.41) is 20.9. The summed E-state index contributed by atoms with van der Waals surface area (Å²) in [5.41, 5.74) is 4.86. The molecule has 1 aromatic carbocycles. The monoisotopic (exact) mass is 283 g/mol. The maximum absolute atomic E-state index is 11.8. The molecule has 0 spiro atoms. The lowest BCUT2D eigenvalue weighted by molar-refractivity contribution is 0.160. The second kappa shape index (κ2) is 6.40. The molecule has 1 aliphatic rings. The van der Waals surface area contributed by atoms with E-state index in [4.69, 9.17) is 15.3 Å². The van der Waals surface area contributed by atoms with E-state index in [1.807, 2.05) is 6.07 Å². The number of fused-ring (bicyclic) bond motifs is 1. The van der Waals surface area contributed by atoms with E-state index in [9.17, 15) is 4.79 Å². The maximum atomic E-state index is 11.8. The van der Waals surface area contributed by atoms with E-state index in [-0.39, 0.29) is 11.8 Å². The average Bonchev–Trinajstić information content (AvgIpc) is 2.91. The number of hydrogen-bond acceptors (Lipinski definition) is 6. The highest BCUT2D eigenvalue weighted by molar-refractivity contribution is 6.10. The van der Waals surface area contributed by atoms with Crippen molar-refractivity contribution < 1.29 is 9.53 Å². The number of hydrogen-bond donors (Lipinski definition) is 1. The highest BCUT2D eigenvalue weighted by Crippen LogP contribution is 2.30. The fourth-order valence-corrected chi connectivity index (χ4v) is 2.06. The molecular formula is C14H13N5O2. The van der Waals surface area contributed by atoms with Gasteiger partial charge in [0.2, 0.25) is 5.71 Å². The van der Waals surface area contributed by atoms with Gasteiger partial charge in [0.15, 0.2) is 0 Å². The standard InChI is InChI=1S/C14H13N5O2/c1-2-21-14(20)19-6-5-10-7-11(3-4-13(10)19)17-18-12(8-15)9-16/h3-4,7,17H,2,5-6H2,1H3. The van der Waals surface area contributed by atoms with Crippen molar-refractivity contribution in [1.29, 1.82) is 10.5 Å². The molecule has 0 saturated carbocycles. The van der Waals surface area contributed by atoms with Gasteiger partial charge in [-0.15, -0.1) is 0 Å². The predicted octanol–water partition coefficient (Wildman–Crippen LogP) is 2.02. The van der Waals surface area contributed by atoms with Crippen LogP contribution in [-0.2, 0) is 11.2 Å². The highest BCUT2D eigenvalue weighted by atomic mass is 16.6. The number of carbonyl (C=O) groups is 1. The van der Waals surface area contributed by atoms with E-state index in [1.165, 1.54) is 0 Å². The van der Waals surface area contributed by atoms with Gasteiger partial charge in [-0.05, 0) is 37.1 Å². The minimum Gasteiger partial charge on any atom is -0.449 e. The van der Waals surface area contributed by atoms with Crippen LogP contribution in [0.25, 0.3) is 0 Å². The lowest BCUT2D eigenvalue weighted by Gasteiger charge is -2.16. The Morgan fingerprint density at radius 1 is 1.48 bits per heavy atom. The van der Waals surface area contributed by atoms with E-state index in [1.54, 1.807) is 36.1 Å². The van der Waals surface area contributed by atoms with E-state index in [2.05, 4.69) is 10.5 Å². The molecule has 0 saturated heterocycles. The van der Waals surface area contributed by atoms with Gasteiger partial charge in [-0.2, -0.15) is 15.6 Å². The third-order valence-electron chi connectivity index (χ3n) is 2.97. The number of benzene rings is 1. The van der Waals surface area contributed by atoms with Crippen molar-refractivity contribution in [2.75, 3.05) is 23.5 Å². The quantitative estimate of drug-likeness (QED) is 0.675. The molecule has 1 N–H and O–H groups in total. The molecule has 2 rings (SSSR count). The van der Waals surface area contributed by atoms with Gasteiger partial charge in [0.25, 0.3) is 0 Å². The van der Waals surface area contributed by atoms with Crippen LogP contribution in [0.2, 0.25) is 0 Å². The minimum atomic E-state index is -0.355. The summed E-state index contributed by atoms with van der Waals surface area (Å²) in [6.45, 7) is 2.68. The second-order valence-corrected chi connectivity index (χ2v) is 4.24. The number of nitriles is 2. The zero-order valence-corrected chi connectivity index (χ0v) is 11.5. The largest absolute Gasteiger partial charge is 0.449 e. The Morgan fingerprint density at radius 2 is 2.24 bits per heavy atom. The third-order valence-corrected chi connectivity index (χ3v) is 2.97. The summed E-state index contributed by atoms with van der Waals surface area (Å²) >= 11 is 0. The van der Waals surface area contributed by atoms with Crippen LogP contribution in [0.5, 0.6) is 0 Å². The minimum absolute atomic E-state index is 0.247. The molecule has 1 aromatic rings. The van der Waals surface area contributed by atoms with Gasteiger partial charge in [-0.1, -0.05) is 0 Å². The van der Waals surface area contributed by atoms with Gasteiger partial charge in [0, 0.05) is 6.54 Å². The molecule has 1 amide bonds. The van der Waals surface area contributed by atoms with Crippen LogP contribution < -0.4 is 10.3 Å². The first-order valence-electron chi connectivity index (χ1n) is 6.40. The van der Waals surface area contributed by atoms with Gasteiger partial charge < -0.3 is 4.74 Å². The number of amides is 1. The van der Waals surface area contributed by atoms with Crippen LogP contribution in [-0.4, -0.2) is 25.0 Å². The van der Waals surface area contributed by atoms with E-state index in [0.717, 1.165) is 17.7 Å². The van der Waals surface area contributed by atoms with Crippen LogP contribution in [0, 0.1) is 22.7 Å². The van der Waals surface area contributed by atoms with E-state index < -0.39 is 0 Å². The molecule has 106 valence electrons. The van der Waals surface area contributed by atoms with Crippen LogP contribution >= 0.6 is 0 Å². The van der Waals surface area contributed by atoms with E-state index >= 15 is 0 Å². The molecule has 7 heteroatoms. The van der Waals surface area contributed by atoms with Gasteiger partial charge in [-0.25, -0.2) is 4.79 Å². The Balaban J connectivity index is 2.16. The molecule has 0 unspecified atom stereocenters. The zero-order chi connectivity index (χ0) is 15.2. The first kappa shape index (κ1) is 14.4. The Kier molecular flexibility index (Phi) is 4.37. The van der Waals surface area contributed by atoms with Gasteiger partial charge >= 0.3 is 6.09 Å². The van der Waals surface area contributed by atoms with E-state index in [0.29, 0.717) is 18.8 Å². The molecule has 0 aromatic heterocycles. The Labute approximate surface area is 122 Å². The van der Waals surface area contributed by atoms with Crippen LogP contribution in [0.4, 0.5) is 16.2 Å². The smallest absolute Gasteiger partial charge is 0.414 e. The molecule has 1 heterocycles. The molecular weight excluding hydrogens is 270 g/mol. The number of nitrogens with zero attached hydrogens (tertiary/aromatic N) is 4. The molecule has 0 radical (unpaired) electrons. The third kappa shape index (κ3) is 3.10. The number of anilines is 2. The summed E-state index contributed by atoms with van der Waals surface area (Å²) in [6.07, 6.45) is 0.364. The SMILES string of the molecule is CCOC(=O)N1CCc2cc(NN=C(C#N)C#N)ccc21. The lowest BCUT2D eigenvalue weighted by Crippen LogP contribution is -2.29. The number of carbonyl (C=O) groups excluding carboxylic acids is 1. The number of rotatable bonds is 3. The molecule has 1 aliphatic heterocycles. The normalized spacial score (nSPS) is 11.9. The first-order valence-corrected chi connectivity index (χ1v) is 6.40. The zero-order valence-electron chi connectivity index (χ0n) is 11.5. The Bertz CT molecular complexity index is 653. The average molecular weight is 283 g/mol. The van der Waals surface area contributed by atoms with Crippen LogP contribution in [0.1, 0.15) is 12.5 Å². The van der Waals surface area contributed by atoms with Crippen LogP contribution in [0.15, 0.2) is 23.3 Å². The van der Waals surface area contributed by atoms with Gasteiger partial charge in [0.1, 0.15) is 12.1 Å². The first-order chi connectivity index (χ1) is 10.2. The summed E-state index contributed by atoms with van der Waals surface area (Å²) in [7, 11) is 0. The van der Waals surface area contributed by atoms with Crippen molar-refractivity contribution >= 4 is 23.2 Å². The Morgan fingerprint density at radius 3 is 2.90 bits per heavy atom. The van der Waals surface area contributed by atoms with Crippen molar-refractivity contribution in [3.63, 3.8) is 0 Å². The van der Waals surface area contributed by atoms with Crippen molar-refractivity contribution in [3.8, 4) is 12.1 Å². The summed E-state index contributed by atoms with van der Waals surface area (Å²) in [6, 6.07) is 8.69. The summed E-state index contributed by atoms with van der Waals surface area (Å²) < 4.78 is 5.00. The second-order valence-electron chi connectivity index (χ2n) is 4.24. The van der Waals surface area contributed by atoms with Crippen molar-refractivity contribution in [2.24, 2.45) is 5.10 Å². The molecule has 0 atom stereocenters.